The molecule has 0 heterocycles. The second-order valence-corrected chi connectivity index (χ2v) is 7.08. The van der Waals surface area contributed by atoms with Gasteiger partial charge in [-0.3, -0.25) is 4.79 Å². The summed E-state index contributed by atoms with van der Waals surface area (Å²) >= 11 is 3.15. The SMILES string of the molecule is C.O=C(O)[C@@H]1C[C@H]1c1ccc(Br)cc1F.O=S(Cl)Cl. The van der Waals surface area contributed by atoms with Crippen LogP contribution in [-0.4, -0.2) is 15.3 Å². The van der Waals surface area contributed by atoms with E-state index >= 15 is 0 Å². The van der Waals surface area contributed by atoms with E-state index < -0.39 is 21.1 Å². The van der Waals surface area contributed by atoms with Crippen LogP contribution in [0.4, 0.5) is 4.39 Å². The first kappa shape index (κ1) is 18.8. The third kappa shape index (κ3) is 6.21. The maximum absolute atomic E-state index is 13.4. The Morgan fingerprint density at radius 2 is 2.00 bits per heavy atom. The van der Waals surface area contributed by atoms with Crippen molar-refractivity contribution >= 4 is 52.5 Å². The molecule has 1 aromatic rings. The van der Waals surface area contributed by atoms with Gasteiger partial charge in [-0.1, -0.05) is 29.4 Å². The third-order valence-corrected chi connectivity index (χ3v) is 2.96. The number of carbonyl (C=O) groups is 1. The predicted molar refractivity (Wildman–Crippen MR) is 79.2 cm³/mol. The van der Waals surface area contributed by atoms with E-state index in [0.717, 1.165) is 0 Å². The molecule has 0 aliphatic heterocycles. The minimum absolute atomic E-state index is 0. The van der Waals surface area contributed by atoms with E-state index in [9.17, 15) is 9.18 Å². The Morgan fingerprint density at radius 1 is 1.47 bits per heavy atom. The van der Waals surface area contributed by atoms with Crippen LogP contribution in [0.25, 0.3) is 0 Å². The van der Waals surface area contributed by atoms with Gasteiger partial charge < -0.3 is 5.11 Å². The molecule has 0 saturated heterocycles. The lowest BCUT2D eigenvalue weighted by molar-refractivity contribution is -0.138. The minimum Gasteiger partial charge on any atom is -0.481 e. The summed E-state index contributed by atoms with van der Waals surface area (Å²) in [7, 11) is 7.36. The maximum atomic E-state index is 13.4. The van der Waals surface area contributed by atoms with Gasteiger partial charge in [-0.2, -0.15) is 0 Å². The zero-order valence-corrected chi connectivity index (χ0v) is 12.7. The molecule has 0 amide bonds. The highest BCUT2D eigenvalue weighted by molar-refractivity contribution is 9.10. The van der Waals surface area contributed by atoms with Crippen molar-refractivity contribution in [3.8, 4) is 0 Å². The van der Waals surface area contributed by atoms with Crippen molar-refractivity contribution < 1.29 is 18.5 Å². The Kier molecular flexibility index (Phi) is 8.12. The van der Waals surface area contributed by atoms with Crippen LogP contribution in [0, 0.1) is 11.7 Å². The third-order valence-electron chi connectivity index (χ3n) is 2.47. The Hall–Kier alpha value is -0.170. The summed E-state index contributed by atoms with van der Waals surface area (Å²) in [4.78, 5) is 10.6. The van der Waals surface area contributed by atoms with Crippen molar-refractivity contribution in [2.75, 3.05) is 0 Å². The summed E-state index contributed by atoms with van der Waals surface area (Å²) in [6.45, 7) is 0. The Morgan fingerprint density at radius 3 is 2.37 bits per heavy atom. The molecular formula is C11H12BrCl2FO3S. The van der Waals surface area contributed by atoms with Crippen LogP contribution in [0.2, 0.25) is 0 Å². The molecule has 8 heteroatoms. The van der Waals surface area contributed by atoms with Crippen molar-refractivity contribution in [3.63, 3.8) is 0 Å². The maximum Gasteiger partial charge on any atom is 0.307 e. The summed E-state index contributed by atoms with van der Waals surface area (Å²) < 4.78 is 23.1. The molecule has 0 spiro atoms. The number of carboxylic acid groups (broad SMARTS) is 1. The van der Waals surface area contributed by atoms with Crippen LogP contribution in [0.1, 0.15) is 25.3 Å². The normalized spacial score (nSPS) is 20.1. The van der Waals surface area contributed by atoms with E-state index in [1.807, 2.05) is 0 Å². The molecule has 0 aromatic heterocycles. The number of halogens is 4. The van der Waals surface area contributed by atoms with Crippen LogP contribution in [0.15, 0.2) is 22.7 Å². The molecule has 0 radical (unpaired) electrons. The molecule has 0 unspecified atom stereocenters. The molecule has 19 heavy (non-hydrogen) atoms. The number of rotatable bonds is 2. The summed E-state index contributed by atoms with van der Waals surface area (Å²) in [6.07, 6.45) is 0.549. The number of hydrogen-bond acceptors (Lipinski definition) is 2. The lowest BCUT2D eigenvalue weighted by Crippen LogP contribution is -1.99. The summed E-state index contributed by atoms with van der Waals surface area (Å²) in [5.74, 6) is -1.70. The second kappa shape index (κ2) is 8.19. The van der Waals surface area contributed by atoms with Gasteiger partial charge >= 0.3 is 5.97 Å². The highest BCUT2D eigenvalue weighted by Crippen LogP contribution is 2.48. The lowest BCUT2D eigenvalue weighted by Gasteiger charge is -2.01. The molecule has 1 N–H and O–H groups in total. The lowest BCUT2D eigenvalue weighted by atomic mass is 10.1. The van der Waals surface area contributed by atoms with Gasteiger partial charge in [0.25, 0.3) is 0 Å². The van der Waals surface area contributed by atoms with Gasteiger partial charge in [0.1, 0.15) is 5.82 Å². The quantitative estimate of drug-likeness (QED) is 0.755. The van der Waals surface area contributed by atoms with Gasteiger partial charge in [0.2, 0.25) is 9.23 Å². The molecule has 1 aliphatic rings. The highest BCUT2D eigenvalue weighted by Gasteiger charge is 2.45. The molecule has 1 aromatic carbocycles. The number of aliphatic carboxylic acids is 1. The first-order chi connectivity index (χ1) is 8.32. The van der Waals surface area contributed by atoms with Crippen LogP contribution >= 0.6 is 37.3 Å². The standard InChI is InChI=1S/C10H8BrFO2.CH4.Cl2OS/c11-5-1-2-6(9(12)3-5)7-4-8(7)10(13)14;;1-4(2)3/h1-3,7-8H,4H2,(H,13,14);1H4;/t7-,8+;;/m0../s1. The highest BCUT2D eigenvalue weighted by atomic mass is 79.9. The van der Waals surface area contributed by atoms with Gasteiger partial charge in [-0.15, -0.1) is 0 Å². The molecule has 3 nitrogen and oxygen atoms in total. The van der Waals surface area contributed by atoms with Gasteiger partial charge in [0.05, 0.1) is 5.92 Å². The zero-order chi connectivity index (χ0) is 13.9. The Bertz CT molecular complexity index is 483. The Labute approximate surface area is 130 Å². The van der Waals surface area contributed by atoms with Crippen LogP contribution in [0.3, 0.4) is 0 Å². The van der Waals surface area contributed by atoms with Crippen LogP contribution in [-0.2, 0) is 14.0 Å². The van der Waals surface area contributed by atoms with Crippen molar-refractivity contribution in [1.29, 1.82) is 0 Å². The average molecular weight is 394 g/mol. The van der Waals surface area contributed by atoms with E-state index in [-0.39, 0.29) is 19.2 Å². The van der Waals surface area contributed by atoms with E-state index in [4.69, 9.17) is 9.32 Å². The monoisotopic (exact) mass is 392 g/mol. The fourth-order valence-corrected chi connectivity index (χ4v) is 1.95. The van der Waals surface area contributed by atoms with Crippen molar-refractivity contribution in [2.24, 2.45) is 5.92 Å². The Balaban J connectivity index is 0.000000576. The molecule has 2 atom stereocenters. The second-order valence-electron chi connectivity index (χ2n) is 3.64. The van der Waals surface area contributed by atoms with Gasteiger partial charge in [-0.05, 0) is 24.1 Å². The minimum atomic E-state index is -1.67. The molecule has 0 bridgehead atoms. The number of benzene rings is 1. The first-order valence-electron chi connectivity index (χ1n) is 4.75. The van der Waals surface area contributed by atoms with Crippen molar-refractivity contribution in [2.45, 2.75) is 19.8 Å². The van der Waals surface area contributed by atoms with E-state index in [0.29, 0.717) is 16.5 Å². The summed E-state index contributed by atoms with van der Waals surface area (Å²) in [5.41, 5.74) is 0.514. The largest absolute Gasteiger partial charge is 0.481 e. The van der Waals surface area contributed by atoms with E-state index in [1.54, 1.807) is 12.1 Å². The zero-order valence-electron chi connectivity index (χ0n) is 8.78. The van der Waals surface area contributed by atoms with Crippen LogP contribution < -0.4 is 0 Å². The fourth-order valence-electron chi connectivity index (χ4n) is 1.61. The topological polar surface area (TPSA) is 54.4 Å². The molecule has 1 saturated carbocycles. The average Bonchev–Trinajstić information content (AvgIpc) is 2.96. The fraction of sp³-hybridized carbons (Fsp3) is 0.364. The molecule has 2 rings (SSSR count). The molecular weight excluding hydrogens is 382 g/mol. The van der Waals surface area contributed by atoms with Gasteiger partial charge in [0.15, 0.2) is 0 Å². The van der Waals surface area contributed by atoms with E-state index in [1.165, 1.54) is 6.07 Å². The van der Waals surface area contributed by atoms with E-state index in [2.05, 4.69) is 37.3 Å². The molecule has 1 aliphatic carbocycles. The van der Waals surface area contributed by atoms with Gasteiger partial charge in [-0.25, -0.2) is 8.60 Å². The summed E-state index contributed by atoms with van der Waals surface area (Å²) in [5, 5.41) is 8.70. The number of carboxylic acids is 1. The predicted octanol–water partition coefficient (Wildman–Crippen LogP) is 4.46. The van der Waals surface area contributed by atoms with Crippen molar-refractivity contribution in [1.82, 2.24) is 0 Å². The smallest absolute Gasteiger partial charge is 0.307 e. The first-order valence-corrected chi connectivity index (χ1v) is 8.34. The van der Waals surface area contributed by atoms with Crippen LogP contribution in [0.5, 0.6) is 0 Å². The summed E-state index contributed by atoms with van der Waals surface area (Å²) in [6, 6.07) is 4.75. The number of hydrogen-bond donors (Lipinski definition) is 1. The molecule has 108 valence electrons. The molecule has 1 fully saturated rings. The van der Waals surface area contributed by atoms with Gasteiger partial charge in [0, 0.05) is 31.8 Å². The van der Waals surface area contributed by atoms with Crippen molar-refractivity contribution in [3.05, 3.63) is 34.1 Å².